The summed E-state index contributed by atoms with van der Waals surface area (Å²) < 4.78 is 79.3. The SMILES string of the molecule is CC1CN(C2COc3cc(F)ccc3C2Nc2cc(F)nc3[nH]c(C(F)(F)F)cc23)CCO1. The zero-order valence-corrected chi connectivity index (χ0v) is 17.5. The van der Waals surface area contributed by atoms with E-state index in [-0.39, 0.29) is 35.5 Å². The quantitative estimate of drug-likeness (QED) is 0.438. The number of anilines is 1. The fraction of sp³-hybridized carbons (Fsp3) is 0.409. The average molecular weight is 468 g/mol. The number of H-pyrrole nitrogens is 1. The Morgan fingerprint density at radius 3 is 2.76 bits per heavy atom. The van der Waals surface area contributed by atoms with Crippen molar-refractivity contribution >= 4 is 16.7 Å². The number of rotatable bonds is 3. The summed E-state index contributed by atoms with van der Waals surface area (Å²) in [7, 11) is 0. The molecule has 2 aliphatic heterocycles. The molecule has 33 heavy (non-hydrogen) atoms. The first-order valence-electron chi connectivity index (χ1n) is 10.5. The number of hydrogen-bond acceptors (Lipinski definition) is 5. The Balaban J connectivity index is 1.58. The van der Waals surface area contributed by atoms with Crippen molar-refractivity contribution in [3.8, 4) is 5.75 Å². The minimum Gasteiger partial charge on any atom is -0.491 e. The monoisotopic (exact) mass is 468 g/mol. The van der Waals surface area contributed by atoms with Crippen LogP contribution in [0.15, 0.2) is 30.3 Å². The Labute approximate surface area is 185 Å². The number of morpholine rings is 1. The van der Waals surface area contributed by atoms with Gasteiger partial charge in [-0.3, -0.25) is 4.90 Å². The zero-order valence-electron chi connectivity index (χ0n) is 17.5. The topological polar surface area (TPSA) is 62.4 Å². The number of pyridine rings is 1. The van der Waals surface area contributed by atoms with Crippen LogP contribution in [0.25, 0.3) is 11.0 Å². The minimum absolute atomic E-state index is 0.0156. The van der Waals surface area contributed by atoms with Gasteiger partial charge in [0.05, 0.1) is 30.5 Å². The van der Waals surface area contributed by atoms with Crippen molar-refractivity contribution in [3.63, 3.8) is 0 Å². The zero-order chi connectivity index (χ0) is 23.3. The molecular formula is C22H21F5N4O2. The van der Waals surface area contributed by atoms with Gasteiger partial charge in [-0.15, -0.1) is 0 Å². The summed E-state index contributed by atoms with van der Waals surface area (Å²) in [6.07, 6.45) is -4.65. The number of halogens is 5. The van der Waals surface area contributed by atoms with Gasteiger partial charge in [0.2, 0.25) is 5.95 Å². The molecule has 0 bridgehead atoms. The summed E-state index contributed by atoms with van der Waals surface area (Å²) in [6.45, 7) is 3.92. The van der Waals surface area contributed by atoms with Gasteiger partial charge >= 0.3 is 6.18 Å². The maximum Gasteiger partial charge on any atom is 0.431 e. The number of alkyl halides is 3. The van der Waals surface area contributed by atoms with Crippen LogP contribution in [0.3, 0.4) is 0 Å². The Morgan fingerprint density at radius 2 is 2.00 bits per heavy atom. The van der Waals surface area contributed by atoms with Gasteiger partial charge in [-0.25, -0.2) is 9.37 Å². The molecule has 6 nitrogen and oxygen atoms in total. The second-order valence-corrected chi connectivity index (χ2v) is 8.29. The molecule has 2 aliphatic rings. The van der Waals surface area contributed by atoms with Gasteiger partial charge in [-0.1, -0.05) is 6.07 Å². The smallest absolute Gasteiger partial charge is 0.431 e. The van der Waals surface area contributed by atoms with Gasteiger partial charge < -0.3 is 19.8 Å². The van der Waals surface area contributed by atoms with E-state index in [9.17, 15) is 22.0 Å². The van der Waals surface area contributed by atoms with Gasteiger partial charge in [-0.2, -0.15) is 17.6 Å². The second kappa shape index (κ2) is 8.14. The standard InChI is InChI=1S/C22H21F5N4O2/c1-11-9-31(4-5-32-11)16-10-33-17-6-12(23)2-3-13(17)20(16)28-15-8-19(24)30-21-14(15)7-18(29-21)22(25,26)27/h2-3,6-8,11,16,20H,4-5,9-10H2,1H3,(H2,28,29,30). The summed E-state index contributed by atoms with van der Waals surface area (Å²) in [5.74, 6) is -1.06. The van der Waals surface area contributed by atoms with Crippen LogP contribution in [0.5, 0.6) is 5.75 Å². The van der Waals surface area contributed by atoms with Gasteiger partial charge in [0.25, 0.3) is 0 Å². The van der Waals surface area contributed by atoms with Crippen LogP contribution in [0, 0.1) is 11.8 Å². The first-order chi connectivity index (χ1) is 15.7. The molecule has 2 N–H and O–H groups in total. The lowest BCUT2D eigenvalue weighted by Gasteiger charge is -2.44. The number of nitrogens with one attached hydrogen (secondary N) is 2. The van der Waals surface area contributed by atoms with Crippen LogP contribution in [0.1, 0.15) is 24.2 Å². The number of benzene rings is 1. The number of aromatic nitrogens is 2. The first-order valence-corrected chi connectivity index (χ1v) is 10.5. The number of nitrogens with zero attached hydrogens (tertiary/aromatic N) is 2. The number of fused-ring (bicyclic) bond motifs is 2. The van der Waals surface area contributed by atoms with Crippen molar-refractivity contribution in [2.45, 2.75) is 31.3 Å². The number of ether oxygens (including phenoxy) is 2. The lowest BCUT2D eigenvalue weighted by Crippen LogP contribution is -2.54. The molecule has 0 radical (unpaired) electrons. The molecule has 2 aromatic heterocycles. The van der Waals surface area contributed by atoms with Crippen LogP contribution >= 0.6 is 0 Å². The van der Waals surface area contributed by atoms with Gasteiger partial charge in [-0.05, 0) is 19.1 Å². The molecule has 3 aromatic rings. The fourth-order valence-corrected chi connectivity index (χ4v) is 4.52. The molecule has 3 atom stereocenters. The van der Waals surface area contributed by atoms with Crippen molar-refractivity contribution < 1.29 is 31.4 Å². The van der Waals surface area contributed by atoms with Crippen LogP contribution in [-0.4, -0.2) is 53.3 Å². The van der Waals surface area contributed by atoms with E-state index in [0.29, 0.717) is 31.0 Å². The van der Waals surface area contributed by atoms with Crippen LogP contribution in [0.4, 0.5) is 27.6 Å². The molecule has 1 fully saturated rings. The molecule has 176 valence electrons. The normalized spacial score (nSPS) is 23.9. The van der Waals surface area contributed by atoms with Crippen molar-refractivity contribution in [2.24, 2.45) is 0 Å². The van der Waals surface area contributed by atoms with E-state index in [2.05, 4.69) is 20.2 Å². The highest BCUT2D eigenvalue weighted by Crippen LogP contribution is 2.40. The summed E-state index contributed by atoms with van der Waals surface area (Å²) in [5, 5.41) is 3.32. The molecular weight excluding hydrogens is 447 g/mol. The molecule has 5 rings (SSSR count). The molecule has 1 saturated heterocycles. The Hall–Kier alpha value is -2.92. The van der Waals surface area contributed by atoms with Crippen molar-refractivity contribution in [1.29, 1.82) is 0 Å². The van der Waals surface area contributed by atoms with Gasteiger partial charge in [0.1, 0.15) is 29.5 Å². The van der Waals surface area contributed by atoms with Gasteiger partial charge in [0, 0.05) is 36.2 Å². The Kier molecular flexibility index (Phi) is 5.40. The van der Waals surface area contributed by atoms with Crippen molar-refractivity contribution in [2.75, 3.05) is 31.6 Å². The maximum absolute atomic E-state index is 14.3. The fourth-order valence-electron chi connectivity index (χ4n) is 4.52. The van der Waals surface area contributed by atoms with E-state index in [1.165, 1.54) is 12.1 Å². The highest BCUT2D eigenvalue weighted by atomic mass is 19.4. The van der Waals surface area contributed by atoms with E-state index >= 15 is 0 Å². The van der Waals surface area contributed by atoms with Gasteiger partial charge in [0.15, 0.2) is 0 Å². The molecule has 1 aromatic carbocycles. The number of hydrogen-bond donors (Lipinski definition) is 2. The van der Waals surface area contributed by atoms with E-state index in [0.717, 1.165) is 12.1 Å². The molecule has 11 heteroatoms. The predicted octanol–water partition coefficient (Wildman–Crippen LogP) is 4.49. The Bertz CT molecular complexity index is 1180. The highest BCUT2D eigenvalue weighted by Gasteiger charge is 2.38. The third kappa shape index (κ3) is 4.22. The molecule has 0 spiro atoms. The summed E-state index contributed by atoms with van der Waals surface area (Å²) in [6, 6.07) is 5.35. The minimum atomic E-state index is -4.64. The lowest BCUT2D eigenvalue weighted by molar-refractivity contribution is -0.140. The van der Waals surface area contributed by atoms with E-state index in [1.54, 1.807) is 6.07 Å². The van der Waals surface area contributed by atoms with Crippen LogP contribution in [0.2, 0.25) is 0 Å². The largest absolute Gasteiger partial charge is 0.491 e. The summed E-state index contributed by atoms with van der Waals surface area (Å²) >= 11 is 0. The highest BCUT2D eigenvalue weighted by molar-refractivity contribution is 5.90. The van der Waals surface area contributed by atoms with E-state index in [4.69, 9.17) is 9.47 Å². The summed E-state index contributed by atoms with van der Waals surface area (Å²) in [5.41, 5.74) is -0.458. The molecule has 4 heterocycles. The molecule has 0 aliphatic carbocycles. The first kappa shape index (κ1) is 21.9. The predicted molar refractivity (Wildman–Crippen MR) is 110 cm³/mol. The molecule has 0 saturated carbocycles. The molecule has 0 amide bonds. The van der Waals surface area contributed by atoms with Crippen molar-refractivity contribution in [1.82, 2.24) is 14.9 Å². The maximum atomic E-state index is 14.3. The van der Waals surface area contributed by atoms with Crippen molar-refractivity contribution in [3.05, 3.63) is 53.4 Å². The average Bonchev–Trinajstić information content (AvgIpc) is 3.18. The van der Waals surface area contributed by atoms with Crippen LogP contribution < -0.4 is 10.1 Å². The third-order valence-electron chi connectivity index (χ3n) is 6.03. The third-order valence-corrected chi connectivity index (χ3v) is 6.03. The Morgan fingerprint density at radius 1 is 1.18 bits per heavy atom. The van der Waals surface area contributed by atoms with E-state index < -0.39 is 29.7 Å². The van der Waals surface area contributed by atoms with Crippen LogP contribution in [-0.2, 0) is 10.9 Å². The van der Waals surface area contributed by atoms with E-state index in [1.807, 2.05) is 6.92 Å². The number of aromatic amines is 1. The summed E-state index contributed by atoms with van der Waals surface area (Å²) in [4.78, 5) is 7.88. The second-order valence-electron chi connectivity index (χ2n) is 8.29. The molecule has 3 unspecified atom stereocenters. The lowest BCUT2D eigenvalue weighted by atomic mass is 9.93.